The van der Waals surface area contributed by atoms with E-state index in [2.05, 4.69) is 20.6 Å². The van der Waals surface area contributed by atoms with E-state index in [9.17, 15) is 13.2 Å². The summed E-state index contributed by atoms with van der Waals surface area (Å²) >= 11 is 0. The van der Waals surface area contributed by atoms with Gasteiger partial charge in [-0.25, -0.2) is 4.79 Å². The van der Waals surface area contributed by atoms with Gasteiger partial charge < -0.3 is 5.11 Å². The standard InChI is InChI=1S/C12H10N6O5S/c19-12(20)14-10-5-9(16-18-6-13-15-11(10)18)7-2-1-3-8(4-7)17-24(21,22)23/h1-6,14,17H,(H,19,20)(H,21,22,23). The Labute approximate surface area is 134 Å². The molecule has 1 aromatic carbocycles. The number of rotatable bonds is 4. The average Bonchev–Trinajstić information content (AvgIpc) is 2.93. The van der Waals surface area contributed by atoms with Gasteiger partial charge in [0.2, 0.25) is 5.65 Å². The first kappa shape index (κ1) is 15.6. The lowest BCUT2D eigenvalue weighted by atomic mass is 10.1. The van der Waals surface area contributed by atoms with Crippen LogP contribution in [0.4, 0.5) is 16.2 Å². The summed E-state index contributed by atoms with van der Waals surface area (Å²) in [6, 6.07) is 7.48. The van der Waals surface area contributed by atoms with Crippen LogP contribution in [0.3, 0.4) is 0 Å². The molecule has 124 valence electrons. The number of aromatic nitrogens is 4. The fraction of sp³-hybridized carbons (Fsp3) is 0. The highest BCUT2D eigenvalue weighted by atomic mass is 32.2. The topological polar surface area (TPSA) is 159 Å². The first-order valence-corrected chi connectivity index (χ1v) is 7.82. The lowest BCUT2D eigenvalue weighted by molar-refractivity contribution is 0.210. The van der Waals surface area contributed by atoms with Crippen molar-refractivity contribution in [3.8, 4) is 11.3 Å². The largest absolute Gasteiger partial charge is 0.465 e. The fourth-order valence-corrected chi connectivity index (χ4v) is 2.49. The maximum Gasteiger partial charge on any atom is 0.409 e. The van der Waals surface area contributed by atoms with Crippen molar-refractivity contribution in [2.24, 2.45) is 0 Å². The van der Waals surface area contributed by atoms with Crippen molar-refractivity contribution in [3.63, 3.8) is 0 Å². The minimum absolute atomic E-state index is 0.119. The third kappa shape index (κ3) is 3.39. The first-order valence-electron chi connectivity index (χ1n) is 6.38. The third-order valence-corrected chi connectivity index (χ3v) is 3.41. The number of carboxylic acid groups (broad SMARTS) is 1. The molecule has 3 aromatic rings. The summed E-state index contributed by atoms with van der Waals surface area (Å²) in [5.74, 6) is 0. The molecule has 0 saturated heterocycles. The van der Waals surface area contributed by atoms with E-state index in [0.717, 1.165) is 0 Å². The number of nitrogens with one attached hydrogen (secondary N) is 2. The molecule has 11 nitrogen and oxygen atoms in total. The molecule has 0 radical (unpaired) electrons. The molecule has 2 aromatic heterocycles. The van der Waals surface area contributed by atoms with Crippen LogP contribution < -0.4 is 10.0 Å². The normalized spacial score (nSPS) is 11.4. The molecule has 0 aliphatic heterocycles. The summed E-state index contributed by atoms with van der Waals surface area (Å²) in [5.41, 5.74) is 1.32. The Morgan fingerprint density at radius 3 is 2.75 bits per heavy atom. The van der Waals surface area contributed by atoms with Crippen LogP contribution in [0.15, 0.2) is 36.7 Å². The zero-order valence-corrected chi connectivity index (χ0v) is 12.6. The fourth-order valence-electron chi connectivity index (χ4n) is 2.07. The highest BCUT2D eigenvalue weighted by molar-refractivity contribution is 7.87. The van der Waals surface area contributed by atoms with E-state index in [1.165, 1.54) is 29.0 Å². The number of fused-ring (bicyclic) bond motifs is 1. The maximum absolute atomic E-state index is 10.9. The van der Waals surface area contributed by atoms with Gasteiger partial charge >= 0.3 is 16.4 Å². The van der Waals surface area contributed by atoms with Crippen LogP contribution in [0.5, 0.6) is 0 Å². The molecule has 12 heteroatoms. The number of carbonyl (C=O) groups is 1. The second-order valence-corrected chi connectivity index (χ2v) is 5.78. The minimum Gasteiger partial charge on any atom is -0.465 e. The molecular formula is C12H10N6O5S. The zero-order chi connectivity index (χ0) is 17.3. The Hall–Kier alpha value is -3.25. The lowest BCUT2D eigenvalue weighted by Crippen LogP contribution is -2.11. The van der Waals surface area contributed by atoms with Crippen molar-refractivity contribution in [2.45, 2.75) is 0 Å². The molecule has 0 unspecified atom stereocenters. The van der Waals surface area contributed by atoms with Crippen molar-refractivity contribution in [1.82, 2.24) is 19.8 Å². The van der Waals surface area contributed by atoms with Gasteiger partial charge in [-0.3, -0.25) is 14.6 Å². The van der Waals surface area contributed by atoms with Gasteiger partial charge in [-0.15, -0.1) is 10.2 Å². The van der Waals surface area contributed by atoms with Gasteiger partial charge in [0, 0.05) is 5.56 Å². The Bertz CT molecular complexity index is 1030. The molecule has 0 saturated carbocycles. The number of nitrogens with zero attached hydrogens (tertiary/aromatic N) is 4. The summed E-state index contributed by atoms with van der Waals surface area (Å²) in [6.45, 7) is 0. The van der Waals surface area contributed by atoms with E-state index in [1.54, 1.807) is 12.1 Å². The van der Waals surface area contributed by atoms with E-state index < -0.39 is 16.4 Å². The van der Waals surface area contributed by atoms with Gasteiger partial charge in [0.15, 0.2) is 0 Å². The van der Waals surface area contributed by atoms with Crippen LogP contribution in [0.2, 0.25) is 0 Å². The van der Waals surface area contributed by atoms with E-state index >= 15 is 0 Å². The Morgan fingerprint density at radius 1 is 1.25 bits per heavy atom. The summed E-state index contributed by atoms with van der Waals surface area (Å²) in [5, 5.41) is 22.8. The van der Waals surface area contributed by atoms with E-state index in [-0.39, 0.29) is 17.0 Å². The molecule has 0 fully saturated rings. The highest BCUT2D eigenvalue weighted by Crippen LogP contribution is 2.25. The number of hydrogen-bond donors (Lipinski definition) is 4. The number of hydrogen-bond acceptors (Lipinski definition) is 6. The van der Waals surface area contributed by atoms with Gasteiger partial charge in [0.1, 0.15) is 6.33 Å². The molecule has 0 bridgehead atoms. The van der Waals surface area contributed by atoms with Crippen LogP contribution in [0.25, 0.3) is 16.9 Å². The summed E-state index contributed by atoms with van der Waals surface area (Å²) in [7, 11) is -4.41. The Balaban J connectivity index is 2.09. The summed E-state index contributed by atoms with van der Waals surface area (Å²) in [4.78, 5) is 10.9. The lowest BCUT2D eigenvalue weighted by Gasteiger charge is -2.08. The third-order valence-electron chi connectivity index (χ3n) is 2.91. The van der Waals surface area contributed by atoms with Crippen LogP contribution in [-0.4, -0.2) is 44.0 Å². The second-order valence-electron chi connectivity index (χ2n) is 4.63. The Morgan fingerprint density at radius 2 is 2.04 bits per heavy atom. The quantitative estimate of drug-likeness (QED) is 0.509. The predicted molar refractivity (Wildman–Crippen MR) is 83.0 cm³/mol. The van der Waals surface area contributed by atoms with Crippen molar-refractivity contribution in [2.75, 3.05) is 10.0 Å². The van der Waals surface area contributed by atoms with Crippen molar-refractivity contribution < 1.29 is 22.9 Å². The van der Waals surface area contributed by atoms with Crippen LogP contribution >= 0.6 is 0 Å². The SMILES string of the molecule is O=C(O)Nc1cc(-c2cccc(NS(=O)(=O)O)c2)nn2cnnc12. The molecule has 24 heavy (non-hydrogen) atoms. The second kappa shape index (κ2) is 5.75. The number of amides is 1. The van der Waals surface area contributed by atoms with E-state index in [0.29, 0.717) is 11.3 Å². The van der Waals surface area contributed by atoms with Gasteiger partial charge in [0.25, 0.3) is 0 Å². The first-order chi connectivity index (χ1) is 11.3. The maximum atomic E-state index is 10.9. The molecule has 1 amide bonds. The van der Waals surface area contributed by atoms with Gasteiger partial charge in [-0.1, -0.05) is 12.1 Å². The molecule has 0 aliphatic carbocycles. The molecule has 0 spiro atoms. The van der Waals surface area contributed by atoms with Crippen LogP contribution in [0.1, 0.15) is 0 Å². The molecule has 3 rings (SSSR count). The van der Waals surface area contributed by atoms with Crippen LogP contribution in [-0.2, 0) is 10.3 Å². The molecule has 0 atom stereocenters. The summed E-state index contributed by atoms with van der Waals surface area (Å²) in [6.07, 6.45) is 0.0189. The predicted octanol–water partition coefficient (Wildman–Crippen LogP) is 1.10. The van der Waals surface area contributed by atoms with Crippen molar-refractivity contribution >= 4 is 33.4 Å². The number of benzene rings is 1. The summed E-state index contributed by atoms with van der Waals surface area (Å²) < 4.78 is 33.8. The molecular weight excluding hydrogens is 340 g/mol. The number of anilines is 2. The van der Waals surface area contributed by atoms with Gasteiger partial charge in [0.05, 0.1) is 17.1 Å². The van der Waals surface area contributed by atoms with Gasteiger partial charge in [-0.05, 0) is 18.2 Å². The Kier molecular flexibility index (Phi) is 3.75. The van der Waals surface area contributed by atoms with Gasteiger partial charge in [-0.2, -0.15) is 18.0 Å². The smallest absolute Gasteiger partial charge is 0.409 e. The molecule has 4 N–H and O–H groups in total. The zero-order valence-electron chi connectivity index (χ0n) is 11.8. The molecule has 2 heterocycles. The van der Waals surface area contributed by atoms with E-state index in [1.807, 2.05) is 4.72 Å². The van der Waals surface area contributed by atoms with Crippen molar-refractivity contribution in [1.29, 1.82) is 0 Å². The highest BCUT2D eigenvalue weighted by Gasteiger charge is 2.12. The van der Waals surface area contributed by atoms with E-state index in [4.69, 9.17) is 9.66 Å². The minimum atomic E-state index is -4.41. The van der Waals surface area contributed by atoms with Crippen molar-refractivity contribution in [3.05, 3.63) is 36.7 Å². The average molecular weight is 350 g/mol. The molecule has 0 aliphatic rings. The monoisotopic (exact) mass is 350 g/mol. The van der Waals surface area contributed by atoms with Crippen LogP contribution in [0, 0.1) is 0 Å².